The van der Waals surface area contributed by atoms with Crippen molar-refractivity contribution in [1.82, 2.24) is 10.2 Å². The minimum absolute atomic E-state index is 0. The van der Waals surface area contributed by atoms with Crippen molar-refractivity contribution >= 4 is 18.3 Å². The second-order valence-corrected chi connectivity index (χ2v) is 3.89. The SMILES string of the molecule is C[C@H](N)C(=O)N1[C@H](C)CNC[C@@H]1C.Cl. The van der Waals surface area contributed by atoms with Crippen LogP contribution in [-0.4, -0.2) is 42.0 Å². The van der Waals surface area contributed by atoms with Gasteiger partial charge in [-0.3, -0.25) is 4.79 Å². The smallest absolute Gasteiger partial charge is 0.239 e. The Bertz CT molecular complexity index is 188. The van der Waals surface area contributed by atoms with Gasteiger partial charge in [-0.15, -0.1) is 12.4 Å². The number of hydrogen-bond donors (Lipinski definition) is 2. The molecule has 0 aromatic heterocycles. The van der Waals surface area contributed by atoms with Crippen molar-refractivity contribution < 1.29 is 4.79 Å². The third-order valence-corrected chi connectivity index (χ3v) is 2.47. The predicted molar refractivity (Wildman–Crippen MR) is 59.5 cm³/mol. The van der Waals surface area contributed by atoms with Gasteiger partial charge in [0.15, 0.2) is 0 Å². The summed E-state index contributed by atoms with van der Waals surface area (Å²) >= 11 is 0. The van der Waals surface area contributed by atoms with Gasteiger partial charge in [0.25, 0.3) is 0 Å². The fourth-order valence-corrected chi connectivity index (χ4v) is 1.80. The van der Waals surface area contributed by atoms with Gasteiger partial charge in [0, 0.05) is 25.2 Å². The van der Waals surface area contributed by atoms with Gasteiger partial charge in [-0.2, -0.15) is 0 Å². The molecule has 1 rings (SSSR count). The Kier molecular flexibility index (Phi) is 5.41. The molecule has 84 valence electrons. The van der Waals surface area contributed by atoms with Crippen LogP contribution in [0.25, 0.3) is 0 Å². The second kappa shape index (κ2) is 5.53. The lowest BCUT2D eigenvalue weighted by Crippen LogP contribution is -2.60. The van der Waals surface area contributed by atoms with Crippen molar-refractivity contribution in [1.29, 1.82) is 0 Å². The first kappa shape index (κ1) is 13.7. The molecule has 0 saturated carbocycles. The molecule has 1 aliphatic heterocycles. The van der Waals surface area contributed by atoms with Crippen LogP contribution in [0.2, 0.25) is 0 Å². The first-order valence-corrected chi connectivity index (χ1v) is 4.82. The summed E-state index contributed by atoms with van der Waals surface area (Å²) in [5, 5.41) is 3.27. The number of halogens is 1. The van der Waals surface area contributed by atoms with Crippen LogP contribution in [0.1, 0.15) is 20.8 Å². The van der Waals surface area contributed by atoms with Crippen LogP contribution in [0.15, 0.2) is 0 Å². The normalized spacial score (nSPS) is 29.3. The van der Waals surface area contributed by atoms with Crippen molar-refractivity contribution in [2.45, 2.75) is 38.9 Å². The third-order valence-electron chi connectivity index (χ3n) is 2.47. The van der Waals surface area contributed by atoms with Crippen molar-refractivity contribution in [3.8, 4) is 0 Å². The van der Waals surface area contributed by atoms with Gasteiger partial charge in [0.05, 0.1) is 6.04 Å². The number of carbonyl (C=O) groups excluding carboxylic acids is 1. The van der Waals surface area contributed by atoms with Gasteiger partial charge in [-0.05, 0) is 20.8 Å². The highest BCUT2D eigenvalue weighted by Gasteiger charge is 2.29. The molecule has 1 fully saturated rings. The fraction of sp³-hybridized carbons (Fsp3) is 0.889. The summed E-state index contributed by atoms with van der Waals surface area (Å²) in [6.07, 6.45) is 0. The average molecular weight is 222 g/mol. The molecule has 4 nitrogen and oxygen atoms in total. The van der Waals surface area contributed by atoms with Crippen LogP contribution in [0.4, 0.5) is 0 Å². The van der Waals surface area contributed by atoms with E-state index in [1.807, 2.05) is 18.7 Å². The van der Waals surface area contributed by atoms with Crippen LogP contribution in [0.3, 0.4) is 0 Å². The summed E-state index contributed by atoms with van der Waals surface area (Å²) in [5.74, 6) is 0.0569. The maximum atomic E-state index is 11.7. The topological polar surface area (TPSA) is 58.4 Å². The number of nitrogens with one attached hydrogen (secondary N) is 1. The molecule has 5 heteroatoms. The zero-order valence-corrected chi connectivity index (χ0v) is 9.80. The molecule has 3 atom stereocenters. The molecule has 14 heavy (non-hydrogen) atoms. The molecule has 1 saturated heterocycles. The van der Waals surface area contributed by atoms with Crippen LogP contribution in [0.5, 0.6) is 0 Å². The Balaban J connectivity index is 0.00000169. The molecule has 3 N–H and O–H groups in total. The molecule has 1 aliphatic rings. The molecular formula is C9H20ClN3O. The van der Waals surface area contributed by atoms with Crippen LogP contribution < -0.4 is 11.1 Å². The number of amides is 1. The molecule has 1 heterocycles. The first-order chi connectivity index (χ1) is 6.04. The van der Waals surface area contributed by atoms with E-state index in [0.29, 0.717) is 0 Å². The number of nitrogens with two attached hydrogens (primary N) is 1. The molecule has 0 spiro atoms. The van der Waals surface area contributed by atoms with Crippen molar-refractivity contribution in [3.63, 3.8) is 0 Å². The highest BCUT2D eigenvalue weighted by atomic mass is 35.5. The standard InChI is InChI=1S/C9H19N3O.ClH/c1-6-4-11-5-7(2)12(6)9(13)8(3)10;/h6-8,11H,4-5,10H2,1-3H3;1H/t6-,7+,8-;/m0./s1. The number of hydrogen-bond acceptors (Lipinski definition) is 3. The molecule has 0 aliphatic carbocycles. The Morgan fingerprint density at radius 2 is 1.86 bits per heavy atom. The van der Waals surface area contributed by atoms with Crippen molar-refractivity contribution in [3.05, 3.63) is 0 Å². The molecule has 1 amide bonds. The van der Waals surface area contributed by atoms with Gasteiger partial charge in [0.1, 0.15) is 0 Å². The van der Waals surface area contributed by atoms with Gasteiger partial charge < -0.3 is 16.0 Å². The number of carbonyl (C=O) groups is 1. The van der Waals surface area contributed by atoms with E-state index < -0.39 is 0 Å². The zero-order valence-electron chi connectivity index (χ0n) is 8.99. The summed E-state index contributed by atoms with van der Waals surface area (Å²) < 4.78 is 0. The number of piperazine rings is 1. The minimum Gasteiger partial charge on any atom is -0.333 e. The van der Waals surface area contributed by atoms with E-state index in [-0.39, 0.29) is 36.4 Å². The first-order valence-electron chi connectivity index (χ1n) is 4.82. The summed E-state index contributed by atoms with van der Waals surface area (Å²) in [5.41, 5.74) is 5.58. The maximum absolute atomic E-state index is 11.7. The van der Waals surface area contributed by atoms with Crippen LogP contribution >= 0.6 is 12.4 Å². The van der Waals surface area contributed by atoms with Crippen LogP contribution in [-0.2, 0) is 4.79 Å². The fourth-order valence-electron chi connectivity index (χ4n) is 1.80. The van der Waals surface area contributed by atoms with Crippen LogP contribution in [0, 0.1) is 0 Å². The Hall–Kier alpha value is -0.320. The van der Waals surface area contributed by atoms with Crippen molar-refractivity contribution in [2.24, 2.45) is 5.73 Å². The Morgan fingerprint density at radius 1 is 1.43 bits per heavy atom. The molecule has 0 bridgehead atoms. The van der Waals surface area contributed by atoms with E-state index in [1.54, 1.807) is 6.92 Å². The third kappa shape index (κ3) is 2.83. The van der Waals surface area contributed by atoms with Gasteiger partial charge in [0.2, 0.25) is 5.91 Å². The van der Waals surface area contributed by atoms with E-state index in [2.05, 4.69) is 5.32 Å². The summed E-state index contributed by atoms with van der Waals surface area (Å²) in [7, 11) is 0. The van der Waals surface area contributed by atoms with E-state index in [1.165, 1.54) is 0 Å². The van der Waals surface area contributed by atoms with Gasteiger partial charge in [-0.25, -0.2) is 0 Å². The highest BCUT2D eigenvalue weighted by Crippen LogP contribution is 2.10. The predicted octanol–water partition coefficient (Wildman–Crippen LogP) is -0.0358. The molecule has 0 aromatic rings. The molecular weight excluding hydrogens is 202 g/mol. The Labute approximate surface area is 91.6 Å². The summed E-state index contributed by atoms with van der Waals surface area (Å²) in [6, 6.07) is 0.118. The highest BCUT2D eigenvalue weighted by molar-refractivity contribution is 5.85. The van der Waals surface area contributed by atoms with Gasteiger partial charge in [-0.1, -0.05) is 0 Å². The molecule has 0 radical (unpaired) electrons. The largest absolute Gasteiger partial charge is 0.333 e. The maximum Gasteiger partial charge on any atom is 0.239 e. The molecule has 0 aromatic carbocycles. The number of nitrogens with zero attached hydrogens (tertiary/aromatic N) is 1. The van der Waals surface area contributed by atoms with Gasteiger partial charge >= 0.3 is 0 Å². The van der Waals surface area contributed by atoms with E-state index in [4.69, 9.17) is 5.73 Å². The van der Waals surface area contributed by atoms with E-state index in [0.717, 1.165) is 13.1 Å². The number of rotatable bonds is 1. The summed E-state index contributed by atoms with van der Waals surface area (Å²) in [6.45, 7) is 7.56. The quantitative estimate of drug-likeness (QED) is 0.654. The van der Waals surface area contributed by atoms with Crippen molar-refractivity contribution in [2.75, 3.05) is 13.1 Å². The lowest BCUT2D eigenvalue weighted by atomic mass is 10.1. The lowest BCUT2D eigenvalue weighted by molar-refractivity contribution is -0.137. The average Bonchev–Trinajstić information content (AvgIpc) is 2.03. The lowest BCUT2D eigenvalue weighted by Gasteiger charge is -2.40. The van der Waals surface area contributed by atoms with E-state index >= 15 is 0 Å². The Morgan fingerprint density at radius 3 is 2.21 bits per heavy atom. The van der Waals surface area contributed by atoms with E-state index in [9.17, 15) is 4.79 Å². The zero-order chi connectivity index (χ0) is 10.0. The summed E-state index contributed by atoms with van der Waals surface area (Å²) in [4.78, 5) is 13.6. The second-order valence-electron chi connectivity index (χ2n) is 3.89. The minimum atomic E-state index is -0.386. The molecule has 0 unspecified atom stereocenters. The monoisotopic (exact) mass is 221 g/mol.